The van der Waals surface area contributed by atoms with Crippen LogP contribution in [0.2, 0.25) is 0 Å². The van der Waals surface area contributed by atoms with Crippen LogP contribution in [-0.4, -0.2) is 27.5 Å². The van der Waals surface area contributed by atoms with E-state index in [0.29, 0.717) is 12.1 Å². The van der Waals surface area contributed by atoms with Crippen LogP contribution in [0.15, 0.2) is 23.1 Å². The van der Waals surface area contributed by atoms with Gasteiger partial charge in [-0.05, 0) is 37.6 Å². The zero-order valence-corrected chi connectivity index (χ0v) is 11.7. The van der Waals surface area contributed by atoms with E-state index in [9.17, 15) is 26.0 Å². The molecule has 1 aliphatic heterocycles. The molecule has 0 aromatic heterocycles. The third-order valence-electron chi connectivity index (χ3n) is 3.22. The SMILES string of the molecule is O=S(=O)(NCC1CCCN1)c1ccc(F)cc1C(F)(F)F. The quantitative estimate of drug-likeness (QED) is 0.831. The average Bonchev–Trinajstić information content (AvgIpc) is 2.88. The zero-order chi connectivity index (χ0) is 15.7. The molecule has 0 spiro atoms. The summed E-state index contributed by atoms with van der Waals surface area (Å²) in [6, 6.07) is 1.40. The lowest BCUT2D eigenvalue weighted by molar-refractivity contribution is -0.140. The molecule has 1 fully saturated rings. The van der Waals surface area contributed by atoms with E-state index in [1.807, 2.05) is 0 Å². The van der Waals surface area contributed by atoms with Gasteiger partial charge in [0.2, 0.25) is 10.0 Å². The Morgan fingerprint density at radius 1 is 1.33 bits per heavy atom. The summed E-state index contributed by atoms with van der Waals surface area (Å²) in [5.41, 5.74) is -1.51. The fourth-order valence-electron chi connectivity index (χ4n) is 2.18. The van der Waals surface area contributed by atoms with Gasteiger partial charge in [-0.3, -0.25) is 0 Å². The highest BCUT2D eigenvalue weighted by Crippen LogP contribution is 2.34. The maximum atomic E-state index is 13.0. The van der Waals surface area contributed by atoms with Crippen LogP contribution in [0.5, 0.6) is 0 Å². The Labute approximate surface area is 119 Å². The fourth-order valence-corrected chi connectivity index (χ4v) is 3.46. The molecule has 21 heavy (non-hydrogen) atoms. The van der Waals surface area contributed by atoms with E-state index in [2.05, 4.69) is 10.0 Å². The van der Waals surface area contributed by atoms with E-state index < -0.39 is 32.5 Å². The van der Waals surface area contributed by atoms with Gasteiger partial charge in [0.1, 0.15) is 5.82 Å². The van der Waals surface area contributed by atoms with Crippen LogP contribution >= 0.6 is 0 Å². The number of hydrogen-bond donors (Lipinski definition) is 2. The van der Waals surface area contributed by atoms with E-state index in [1.165, 1.54) is 0 Å². The molecule has 9 heteroatoms. The number of halogens is 4. The molecule has 0 amide bonds. The van der Waals surface area contributed by atoms with Gasteiger partial charge in [0, 0.05) is 12.6 Å². The van der Waals surface area contributed by atoms with Gasteiger partial charge >= 0.3 is 6.18 Å². The molecule has 1 saturated heterocycles. The normalized spacial score (nSPS) is 19.9. The first-order valence-corrected chi connectivity index (χ1v) is 7.78. The molecule has 1 aromatic carbocycles. The van der Waals surface area contributed by atoms with E-state index >= 15 is 0 Å². The molecule has 118 valence electrons. The molecule has 2 N–H and O–H groups in total. The maximum Gasteiger partial charge on any atom is 0.417 e. The Bertz CT molecular complexity index is 610. The molecule has 2 rings (SSSR count). The summed E-state index contributed by atoms with van der Waals surface area (Å²) in [7, 11) is -4.35. The van der Waals surface area contributed by atoms with Crippen LogP contribution in [-0.2, 0) is 16.2 Å². The van der Waals surface area contributed by atoms with Gasteiger partial charge in [0.25, 0.3) is 0 Å². The third kappa shape index (κ3) is 3.92. The minimum absolute atomic E-state index is 0.00297. The topological polar surface area (TPSA) is 58.2 Å². The second-order valence-corrected chi connectivity index (χ2v) is 6.52. The summed E-state index contributed by atoms with van der Waals surface area (Å²) in [4.78, 5) is -0.964. The molecule has 4 nitrogen and oxygen atoms in total. The first kappa shape index (κ1) is 16.2. The summed E-state index contributed by atoms with van der Waals surface area (Å²) < 4.78 is 77.6. The van der Waals surface area contributed by atoms with Crippen molar-refractivity contribution in [1.82, 2.24) is 10.0 Å². The molecule has 0 aliphatic carbocycles. The van der Waals surface area contributed by atoms with Crippen molar-refractivity contribution in [2.75, 3.05) is 13.1 Å². The smallest absolute Gasteiger partial charge is 0.313 e. The third-order valence-corrected chi connectivity index (χ3v) is 4.70. The van der Waals surface area contributed by atoms with E-state index in [0.717, 1.165) is 19.4 Å². The van der Waals surface area contributed by atoms with Crippen LogP contribution in [0, 0.1) is 5.82 Å². The van der Waals surface area contributed by atoms with Crippen molar-refractivity contribution in [3.8, 4) is 0 Å². The Morgan fingerprint density at radius 2 is 2.05 bits per heavy atom. The molecular weight excluding hydrogens is 312 g/mol. The molecular formula is C12H14F4N2O2S. The Balaban J connectivity index is 2.26. The van der Waals surface area contributed by atoms with Gasteiger partial charge in [-0.15, -0.1) is 0 Å². The minimum atomic E-state index is -4.95. The molecule has 1 heterocycles. The summed E-state index contributed by atoms with van der Waals surface area (Å²) in [6.07, 6.45) is -3.31. The van der Waals surface area contributed by atoms with Crippen LogP contribution in [0.3, 0.4) is 0 Å². The number of hydrogen-bond acceptors (Lipinski definition) is 3. The number of alkyl halides is 3. The molecule has 1 aliphatic rings. The highest BCUT2D eigenvalue weighted by Gasteiger charge is 2.37. The van der Waals surface area contributed by atoms with Crippen LogP contribution in [0.4, 0.5) is 17.6 Å². The molecule has 0 radical (unpaired) electrons. The van der Waals surface area contributed by atoms with Gasteiger partial charge in [-0.1, -0.05) is 0 Å². The van der Waals surface area contributed by atoms with Crippen molar-refractivity contribution in [1.29, 1.82) is 0 Å². The van der Waals surface area contributed by atoms with E-state index in [4.69, 9.17) is 0 Å². The molecule has 1 aromatic rings. The van der Waals surface area contributed by atoms with Gasteiger partial charge in [0.05, 0.1) is 10.5 Å². The second kappa shape index (κ2) is 5.90. The lowest BCUT2D eigenvalue weighted by atomic mass is 10.2. The van der Waals surface area contributed by atoms with Crippen LogP contribution in [0.25, 0.3) is 0 Å². The molecule has 0 saturated carbocycles. The number of nitrogens with one attached hydrogen (secondary N) is 2. The second-order valence-electron chi connectivity index (χ2n) is 4.78. The molecule has 1 atom stereocenters. The predicted molar refractivity (Wildman–Crippen MR) is 67.6 cm³/mol. The molecule has 1 unspecified atom stereocenters. The van der Waals surface area contributed by atoms with E-state index in [1.54, 1.807) is 0 Å². The average molecular weight is 326 g/mol. The first-order chi connectivity index (χ1) is 9.70. The number of rotatable bonds is 4. The van der Waals surface area contributed by atoms with Crippen molar-refractivity contribution >= 4 is 10.0 Å². The van der Waals surface area contributed by atoms with Crippen molar-refractivity contribution in [2.24, 2.45) is 0 Å². The summed E-state index contributed by atoms with van der Waals surface area (Å²) >= 11 is 0. The summed E-state index contributed by atoms with van der Waals surface area (Å²) in [5.74, 6) is -1.14. The first-order valence-electron chi connectivity index (χ1n) is 6.30. The van der Waals surface area contributed by atoms with Crippen molar-refractivity contribution in [3.63, 3.8) is 0 Å². The number of benzene rings is 1. The van der Waals surface area contributed by atoms with Gasteiger partial charge < -0.3 is 5.32 Å². The zero-order valence-electron chi connectivity index (χ0n) is 10.9. The predicted octanol–water partition coefficient (Wildman–Crippen LogP) is 1.87. The van der Waals surface area contributed by atoms with E-state index in [-0.39, 0.29) is 18.7 Å². The molecule has 0 bridgehead atoms. The largest absolute Gasteiger partial charge is 0.417 e. The minimum Gasteiger partial charge on any atom is -0.313 e. The number of sulfonamides is 1. The Morgan fingerprint density at radius 3 is 2.62 bits per heavy atom. The monoisotopic (exact) mass is 326 g/mol. The van der Waals surface area contributed by atoms with Crippen molar-refractivity contribution < 1.29 is 26.0 Å². The standard InChI is InChI=1S/C12H14F4N2O2S/c13-8-3-4-11(10(6-8)12(14,15)16)21(19,20)18-7-9-2-1-5-17-9/h3-4,6,9,17-18H,1-2,5,7H2. The van der Waals surface area contributed by atoms with Gasteiger partial charge in [-0.25, -0.2) is 17.5 Å². The fraction of sp³-hybridized carbons (Fsp3) is 0.500. The van der Waals surface area contributed by atoms with Crippen LogP contribution < -0.4 is 10.0 Å². The highest BCUT2D eigenvalue weighted by molar-refractivity contribution is 7.89. The van der Waals surface area contributed by atoms with Crippen molar-refractivity contribution in [2.45, 2.75) is 30.0 Å². The lowest BCUT2D eigenvalue weighted by Gasteiger charge is -2.16. The van der Waals surface area contributed by atoms with Gasteiger partial charge in [0.15, 0.2) is 0 Å². The highest BCUT2D eigenvalue weighted by atomic mass is 32.2. The maximum absolute atomic E-state index is 13.0. The van der Waals surface area contributed by atoms with Crippen molar-refractivity contribution in [3.05, 3.63) is 29.6 Å². The van der Waals surface area contributed by atoms with Gasteiger partial charge in [-0.2, -0.15) is 13.2 Å². The lowest BCUT2D eigenvalue weighted by Crippen LogP contribution is -2.37. The Hall–Kier alpha value is -1.19. The summed E-state index contributed by atoms with van der Waals surface area (Å²) in [5, 5.41) is 3.03. The Kier molecular flexibility index (Phi) is 4.54. The van der Waals surface area contributed by atoms with Crippen LogP contribution in [0.1, 0.15) is 18.4 Å². The summed E-state index contributed by atoms with van der Waals surface area (Å²) in [6.45, 7) is 0.744.